The zero-order valence-corrected chi connectivity index (χ0v) is 23.8. The average Bonchev–Trinajstić information content (AvgIpc) is 3.40. The highest BCUT2D eigenvalue weighted by molar-refractivity contribution is 7.13. The van der Waals surface area contributed by atoms with Crippen molar-refractivity contribution < 1.29 is 9.59 Å². The van der Waals surface area contributed by atoms with Crippen LogP contribution in [0.2, 0.25) is 0 Å². The van der Waals surface area contributed by atoms with Crippen LogP contribution < -0.4 is 5.32 Å². The minimum absolute atomic E-state index is 0.0307. The van der Waals surface area contributed by atoms with Crippen LogP contribution >= 0.6 is 11.3 Å². The SMILES string of the molecule is CC(C)N(C(=O)C(c1cccnc1)C(CNC(=O)Cc1csc(-c2ccccc2)n1)c1ccccc1)C(C)C. The van der Waals surface area contributed by atoms with E-state index in [2.05, 4.69) is 15.3 Å². The molecule has 2 atom stereocenters. The van der Waals surface area contributed by atoms with Crippen molar-refractivity contribution in [2.75, 3.05) is 6.54 Å². The number of aromatic nitrogens is 2. The van der Waals surface area contributed by atoms with Crippen LogP contribution in [0.1, 0.15) is 56.4 Å². The molecule has 0 fully saturated rings. The number of amides is 2. The van der Waals surface area contributed by atoms with Crippen LogP contribution in [0.4, 0.5) is 0 Å². The second kappa shape index (κ2) is 13.3. The molecule has 0 aliphatic rings. The highest BCUT2D eigenvalue weighted by atomic mass is 32.1. The molecule has 1 N–H and O–H groups in total. The molecule has 0 saturated heterocycles. The molecule has 2 aromatic carbocycles. The maximum Gasteiger partial charge on any atom is 0.231 e. The Hall–Kier alpha value is -3.84. The average molecular weight is 541 g/mol. The van der Waals surface area contributed by atoms with Crippen LogP contribution in [0.15, 0.2) is 90.6 Å². The Balaban J connectivity index is 1.59. The molecule has 6 nitrogen and oxygen atoms in total. The molecule has 0 bridgehead atoms. The lowest BCUT2D eigenvalue weighted by Gasteiger charge is -2.37. The predicted octanol–water partition coefficient (Wildman–Crippen LogP) is 6.08. The molecular formula is C32H36N4O2S. The van der Waals surface area contributed by atoms with E-state index in [1.807, 2.05) is 111 Å². The van der Waals surface area contributed by atoms with Gasteiger partial charge in [-0.15, -0.1) is 11.3 Å². The van der Waals surface area contributed by atoms with Crippen molar-refractivity contribution in [2.45, 2.75) is 58.0 Å². The van der Waals surface area contributed by atoms with Crippen molar-refractivity contribution in [3.05, 3.63) is 107 Å². The summed E-state index contributed by atoms with van der Waals surface area (Å²) >= 11 is 1.53. The van der Waals surface area contributed by atoms with Gasteiger partial charge in [0.2, 0.25) is 11.8 Å². The quantitative estimate of drug-likeness (QED) is 0.250. The zero-order chi connectivity index (χ0) is 27.8. The predicted molar refractivity (Wildman–Crippen MR) is 158 cm³/mol. The molecule has 0 saturated carbocycles. The van der Waals surface area contributed by atoms with Crippen LogP contribution in [0, 0.1) is 0 Å². The largest absolute Gasteiger partial charge is 0.355 e. The van der Waals surface area contributed by atoms with Gasteiger partial charge >= 0.3 is 0 Å². The summed E-state index contributed by atoms with van der Waals surface area (Å²) in [7, 11) is 0. The first-order valence-corrected chi connectivity index (χ1v) is 14.3. The van der Waals surface area contributed by atoms with Gasteiger partial charge in [-0.3, -0.25) is 14.6 Å². The molecule has 0 spiro atoms. The summed E-state index contributed by atoms with van der Waals surface area (Å²) in [6, 6.07) is 23.8. The van der Waals surface area contributed by atoms with Crippen LogP contribution in [0.5, 0.6) is 0 Å². The number of benzene rings is 2. The van der Waals surface area contributed by atoms with Crippen molar-refractivity contribution in [3.8, 4) is 10.6 Å². The summed E-state index contributed by atoms with van der Waals surface area (Å²) in [5, 5.41) is 5.94. The highest BCUT2D eigenvalue weighted by Crippen LogP contribution is 2.35. The fourth-order valence-corrected chi connectivity index (χ4v) is 5.88. The van der Waals surface area contributed by atoms with Gasteiger partial charge < -0.3 is 10.2 Å². The number of pyridine rings is 1. The molecular weight excluding hydrogens is 504 g/mol. The van der Waals surface area contributed by atoms with Crippen molar-refractivity contribution in [1.29, 1.82) is 0 Å². The molecule has 2 aromatic heterocycles. The summed E-state index contributed by atoms with van der Waals surface area (Å²) in [4.78, 5) is 38.2. The smallest absolute Gasteiger partial charge is 0.231 e. The summed E-state index contributed by atoms with van der Waals surface area (Å²) in [5.41, 5.74) is 3.60. The number of nitrogens with zero attached hydrogens (tertiary/aromatic N) is 3. The van der Waals surface area contributed by atoms with Gasteiger partial charge in [0.25, 0.3) is 0 Å². The fourth-order valence-electron chi connectivity index (χ4n) is 5.05. The van der Waals surface area contributed by atoms with Gasteiger partial charge in [-0.2, -0.15) is 0 Å². The van der Waals surface area contributed by atoms with Crippen molar-refractivity contribution >= 4 is 23.2 Å². The molecule has 39 heavy (non-hydrogen) atoms. The Kier molecular flexibility index (Phi) is 9.60. The number of carbonyl (C=O) groups is 2. The molecule has 0 aliphatic carbocycles. The number of rotatable bonds is 11. The van der Waals surface area contributed by atoms with Gasteiger partial charge in [0, 0.05) is 47.9 Å². The van der Waals surface area contributed by atoms with Gasteiger partial charge in [0.15, 0.2) is 0 Å². The summed E-state index contributed by atoms with van der Waals surface area (Å²) < 4.78 is 0. The van der Waals surface area contributed by atoms with Crippen molar-refractivity contribution in [3.63, 3.8) is 0 Å². The third kappa shape index (κ3) is 7.18. The van der Waals surface area contributed by atoms with Crippen LogP contribution in [0.3, 0.4) is 0 Å². The second-order valence-electron chi connectivity index (χ2n) is 10.2. The second-order valence-corrected chi connectivity index (χ2v) is 11.1. The first-order valence-electron chi connectivity index (χ1n) is 13.4. The van der Waals surface area contributed by atoms with E-state index in [-0.39, 0.29) is 36.2 Å². The lowest BCUT2D eigenvalue weighted by molar-refractivity contribution is -0.137. The standard InChI is InChI=1S/C32H36N4O2S/c1-22(2)36(23(3)4)32(38)30(26-16-11-17-33-19-26)28(24-12-7-5-8-13-24)20-34-29(37)18-27-21-39-31(35-27)25-14-9-6-10-15-25/h5-17,19,21-23,28,30H,18,20H2,1-4H3,(H,34,37). The third-order valence-electron chi connectivity index (χ3n) is 6.74. The number of thiazole rings is 1. The zero-order valence-electron chi connectivity index (χ0n) is 23.0. The van der Waals surface area contributed by atoms with E-state index in [1.54, 1.807) is 12.4 Å². The molecule has 2 unspecified atom stereocenters. The van der Waals surface area contributed by atoms with E-state index >= 15 is 0 Å². The van der Waals surface area contributed by atoms with Crippen molar-refractivity contribution in [1.82, 2.24) is 20.2 Å². The van der Waals surface area contributed by atoms with Gasteiger partial charge in [0.05, 0.1) is 18.0 Å². The topological polar surface area (TPSA) is 75.2 Å². The lowest BCUT2D eigenvalue weighted by atomic mass is 9.80. The van der Waals surface area contributed by atoms with E-state index in [0.717, 1.165) is 27.4 Å². The van der Waals surface area contributed by atoms with Gasteiger partial charge in [-0.1, -0.05) is 66.7 Å². The molecule has 4 rings (SSSR count). The molecule has 0 radical (unpaired) electrons. The van der Waals surface area contributed by atoms with E-state index in [1.165, 1.54) is 11.3 Å². The Labute approximate surface area is 235 Å². The number of nitrogens with one attached hydrogen (secondary N) is 1. The monoisotopic (exact) mass is 540 g/mol. The van der Waals surface area contributed by atoms with Gasteiger partial charge in [-0.05, 0) is 44.9 Å². The summed E-state index contributed by atoms with van der Waals surface area (Å²) in [5.74, 6) is -0.872. The number of hydrogen-bond acceptors (Lipinski definition) is 5. The summed E-state index contributed by atoms with van der Waals surface area (Å²) in [6.45, 7) is 8.46. The molecule has 202 valence electrons. The number of carbonyl (C=O) groups excluding carboxylic acids is 2. The van der Waals surface area contributed by atoms with Crippen LogP contribution in [0.25, 0.3) is 10.6 Å². The van der Waals surface area contributed by atoms with Gasteiger partial charge in [0.1, 0.15) is 5.01 Å². The molecule has 2 heterocycles. The lowest BCUT2D eigenvalue weighted by Crippen LogP contribution is -2.47. The number of hydrogen-bond donors (Lipinski definition) is 1. The van der Waals surface area contributed by atoms with E-state index < -0.39 is 5.92 Å². The first kappa shape index (κ1) is 28.2. The molecule has 0 aliphatic heterocycles. The summed E-state index contributed by atoms with van der Waals surface area (Å²) in [6.07, 6.45) is 3.66. The molecule has 4 aromatic rings. The van der Waals surface area contributed by atoms with Gasteiger partial charge in [-0.25, -0.2) is 4.98 Å². The third-order valence-corrected chi connectivity index (χ3v) is 7.68. The first-order chi connectivity index (χ1) is 18.8. The van der Waals surface area contributed by atoms with Crippen LogP contribution in [-0.2, 0) is 16.0 Å². The Morgan fingerprint density at radius 3 is 2.13 bits per heavy atom. The minimum Gasteiger partial charge on any atom is -0.355 e. The van der Waals surface area contributed by atoms with Crippen LogP contribution in [-0.4, -0.2) is 45.3 Å². The maximum absolute atomic E-state index is 14.2. The van der Waals surface area contributed by atoms with E-state index in [9.17, 15) is 9.59 Å². The van der Waals surface area contributed by atoms with E-state index in [0.29, 0.717) is 6.54 Å². The fraction of sp³-hybridized carbons (Fsp3) is 0.312. The maximum atomic E-state index is 14.2. The molecule has 7 heteroatoms. The Morgan fingerprint density at radius 2 is 1.51 bits per heavy atom. The highest BCUT2D eigenvalue weighted by Gasteiger charge is 2.36. The van der Waals surface area contributed by atoms with Crippen molar-refractivity contribution in [2.24, 2.45) is 0 Å². The minimum atomic E-state index is -0.504. The normalized spacial score (nSPS) is 12.8. The Bertz CT molecular complexity index is 1330. The Morgan fingerprint density at radius 1 is 0.872 bits per heavy atom. The van der Waals surface area contributed by atoms with E-state index in [4.69, 9.17) is 0 Å². The molecule has 2 amide bonds.